The molecule has 0 aromatic carbocycles. The molecule has 0 aliphatic heterocycles. The molecule has 0 rings (SSSR count). The van der Waals surface area contributed by atoms with Gasteiger partial charge < -0.3 is 31.7 Å². The summed E-state index contributed by atoms with van der Waals surface area (Å²) < 4.78 is 36.7. The summed E-state index contributed by atoms with van der Waals surface area (Å²) in [5, 5.41) is 0. The maximum Gasteiger partial charge on any atom is 0.678 e. The van der Waals surface area contributed by atoms with Gasteiger partial charge in [-0.3, -0.25) is 0 Å². The van der Waals surface area contributed by atoms with Crippen LogP contribution in [0.15, 0.2) is 0 Å². The Morgan fingerprint density at radius 1 is 0.480 bits per heavy atom. The van der Waals surface area contributed by atoms with Crippen LogP contribution in [0.4, 0.5) is 0 Å². The van der Waals surface area contributed by atoms with Crippen molar-refractivity contribution >= 4 is 16.4 Å². The highest BCUT2D eigenvalue weighted by Gasteiger charge is 2.40. The minimum atomic E-state index is -2.69. The van der Waals surface area contributed by atoms with Crippen molar-refractivity contribution in [2.45, 2.75) is 79.1 Å². The normalized spacial score (nSPS) is 13.3. The summed E-state index contributed by atoms with van der Waals surface area (Å²) >= 11 is 0. The van der Waals surface area contributed by atoms with Crippen molar-refractivity contribution in [1.82, 2.24) is 0 Å². The van der Waals surface area contributed by atoms with E-state index in [1.54, 1.807) is 0 Å². The van der Waals surface area contributed by atoms with E-state index in [0.717, 1.165) is 0 Å². The monoisotopic (exact) mass is 382 g/mol. The molecule has 0 radical (unpaired) electrons. The lowest BCUT2D eigenvalue weighted by molar-refractivity contribution is -0.0503. The van der Waals surface area contributed by atoms with E-state index in [1.807, 2.05) is 62.3 Å². The van der Waals surface area contributed by atoms with E-state index in [9.17, 15) is 0 Å². The van der Waals surface area contributed by atoms with Crippen molar-refractivity contribution in [3.8, 4) is 0 Å². The van der Waals surface area contributed by atoms with Crippen molar-refractivity contribution < 1.29 is 31.7 Å². The zero-order valence-corrected chi connectivity index (χ0v) is 19.4. The summed E-state index contributed by atoms with van der Waals surface area (Å²) in [6, 6.07) is 0. The Balaban J connectivity index is 0. The van der Waals surface area contributed by atoms with Gasteiger partial charge in [0.05, 0.1) is 0 Å². The van der Waals surface area contributed by atoms with Crippen molar-refractivity contribution in [3.63, 3.8) is 0 Å². The lowest BCUT2D eigenvalue weighted by Gasteiger charge is -2.33. The molecule has 0 aliphatic rings. The first-order chi connectivity index (χ1) is 11.0. The van der Waals surface area contributed by atoms with Crippen molar-refractivity contribution in [2.24, 2.45) is 0 Å². The highest BCUT2D eigenvalue weighted by molar-refractivity contribution is 6.53. The van der Waals surface area contributed by atoms with Gasteiger partial charge >= 0.3 is 16.4 Å². The molecule has 0 saturated carbocycles. The standard InChI is InChI=1S/C12H27BO3.C4H12O4Si/c1-10(2,3)14-13(15-11(4,5)6)16-12(7,8)9;1-5-9(6-2,7-3)8-4/h1-9H3;1-4H3. The topological polar surface area (TPSA) is 64.6 Å². The Morgan fingerprint density at radius 2 is 0.680 bits per heavy atom. The van der Waals surface area contributed by atoms with Crippen LogP contribution in [-0.2, 0) is 31.7 Å². The fourth-order valence-corrected chi connectivity index (χ4v) is 2.44. The third-order valence-corrected chi connectivity index (χ3v) is 4.35. The Kier molecular flexibility index (Phi) is 12.0. The number of rotatable bonds is 7. The van der Waals surface area contributed by atoms with E-state index in [2.05, 4.69) is 0 Å². The predicted molar refractivity (Wildman–Crippen MR) is 102 cm³/mol. The average Bonchev–Trinajstić information content (AvgIpc) is 2.36. The fourth-order valence-electron chi connectivity index (χ4n) is 1.44. The highest BCUT2D eigenvalue weighted by atomic mass is 28.4. The third-order valence-electron chi connectivity index (χ3n) is 2.35. The van der Waals surface area contributed by atoms with Crippen molar-refractivity contribution in [1.29, 1.82) is 0 Å². The van der Waals surface area contributed by atoms with E-state index >= 15 is 0 Å². The van der Waals surface area contributed by atoms with E-state index < -0.39 is 16.4 Å². The van der Waals surface area contributed by atoms with Crippen LogP contribution in [0.2, 0.25) is 0 Å². The van der Waals surface area contributed by atoms with Crippen LogP contribution in [0.25, 0.3) is 0 Å². The zero-order chi connectivity index (χ0) is 20.5. The minimum Gasteiger partial charge on any atom is -0.381 e. The van der Waals surface area contributed by atoms with Crippen LogP contribution in [-0.4, -0.2) is 61.6 Å². The van der Waals surface area contributed by atoms with Crippen LogP contribution in [0, 0.1) is 0 Å². The molecule has 9 heteroatoms. The molecular weight excluding hydrogens is 343 g/mol. The fraction of sp³-hybridized carbons (Fsp3) is 1.00. The minimum absolute atomic E-state index is 0.291. The quantitative estimate of drug-likeness (QED) is 0.625. The molecule has 0 fully saturated rings. The largest absolute Gasteiger partial charge is 0.678 e. The van der Waals surface area contributed by atoms with Crippen molar-refractivity contribution in [3.05, 3.63) is 0 Å². The predicted octanol–water partition coefficient (Wildman–Crippen LogP) is 3.42. The maximum absolute atomic E-state index is 5.75. The van der Waals surface area contributed by atoms with Gasteiger partial charge in [0.25, 0.3) is 0 Å². The first-order valence-electron chi connectivity index (χ1n) is 8.27. The number of hydrogen-bond donors (Lipinski definition) is 0. The lowest BCUT2D eigenvalue weighted by atomic mass is 10.0. The van der Waals surface area contributed by atoms with E-state index in [4.69, 9.17) is 31.7 Å². The molecule has 0 amide bonds. The SMILES string of the molecule is CC(C)(C)OB(OC(C)(C)C)OC(C)(C)C.CO[Si](OC)(OC)OC. The summed E-state index contributed by atoms with van der Waals surface area (Å²) in [6.07, 6.45) is 0. The molecule has 0 unspecified atom stereocenters. The van der Waals surface area contributed by atoms with Gasteiger partial charge in [-0.2, -0.15) is 0 Å². The molecule has 0 aromatic heterocycles. The van der Waals surface area contributed by atoms with Crippen LogP contribution in [0.5, 0.6) is 0 Å². The van der Waals surface area contributed by atoms with Crippen molar-refractivity contribution in [2.75, 3.05) is 28.4 Å². The second kappa shape index (κ2) is 11.0. The van der Waals surface area contributed by atoms with Gasteiger partial charge in [0, 0.05) is 45.2 Å². The molecule has 0 N–H and O–H groups in total. The van der Waals surface area contributed by atoms with Gasteiger partial charge in [-0.25, -0.2) is 0 Å². The molecule has 0 aliphatic carbocycles. The first kappa shape index (κ1) is 27.2. The molecule has 0 saturated heterocycles. The molecule has 0 atom stereocenters. The van der Waals surface area contributed by atoms with E-state index in [0.29, 0.717) is 0 Å². The van der Waals surface area contributed by atoms with Crippen LogP contribution >= 0.6 is 0 Å². The molecule has 25 heavy (non-hydrogen) atoms. The average molecular weight is 382 g/mol. The third kappa shape index (κ3) is 15.9. The number of hydrogen-bond acceptors (Lipinski definition) is 7. The zero-order valence-electron chi connectivity index (χ0n) is 18.4. The van der Waals surface area contributed by atoms with Crippen LogP contribution in [0.3, 0.4) is 0 Å². The molecule has 7 nitrogen and oxygen atoms in total. The summed E-state index contributed by atoms with van der Waals surface area (Å²) in [6.45, 7) is 17.9. The van der Waals surface area contributed by atoms with Crippen LogP contribution in [0.1, 0.15) is 62.3 Å². The molecule has 0 aromatic rings. The maximum atomic E-state index is 5.75. The Bertz CT molecular complexity index is 288. The Labute approximate surface area is 156 Å². The molecule has 0 spiro atoms. The summed E-state index contributed by atoms with van der Waals surface area (Å²) in [4.78, 5) is 0. The highest BCUT2D eigenvalue weighted by Crippen LogP contribution is 2.20. The van der Waals surface area contributed by atoms with Gasteiger partial charge in [-0.15, -0.1) is 0 Å². The Morgan fingerprint density at radius 3 is 0.760 bits per heavy atom. The van der Waals surface area contributed by atoms with Gasteiger partial charge in [-0.1, -0.05) is 0 Å². The van der Waals surface area contributed by atoms with Gasteiger partial charge in [-0.05, 0) is 62.3 Å². The first-order valence-corrected chi connectivity index (χ1v) is 9.90. The molecule has 152 valence electrons. The second-order valence-corrected chi connectivity index (χ2v) is 10.9. The lowest BCUT2D eigenvalue weighted by Crippen LogP contribution is -2.45. The Hall–Kier alpha value is 0.00182. The van der Waals surface area contributed by atoms with Gasteiger partial charge in [0.2, 0.25) is 0 Å². The second-order valence-electron chi connectivity index (χ2n) is 8.30. The van der Waals surface area contributed by atoms with Gasteiger partial charge in [0.15, 0.2) is 0 Å². The van der Waals surface area contributed by atoms with E-state index in [-0.39, 0.29) is 16.8 Å². The smallest absolute Gasteiger partial charge is 0.381 e. The van der Waals surface area contributed by atoms with Crippen LogP contribution < -0.4 is 0 Å². The summed E-state index contributed by atoms with van der Waals surface area (Å²) in [5.74, 6) is 0. The molecule has 0 bridgehead atoms. The molecular formula is C16H39BO7Si. The summed E-state index contributed by atoms with van der Waals surface area (Å²) in [5.41, 5.74) is -0.872. The summed E-state index contributed by atoms with van der Waals surface area (Å²) in [7, 11) is 2.62. The van der Waals surface area contributed by atoms with Gasteiger partial charge in [0.1, 0.15) is 0 Å². The molecule has 0 heterocycles. The van der Waals surface area contributed by atoms with E-state index in [1.165, 1.54) is 28.4 Å².